The van der Waals surface area contributed by atoms with Crippen molar-refractivity contribution in [3.8, 4) is 5.75 Å². The summed E-state index contributed by atoms with van der Waals surface area (Å²) in [6.07, 6.45) is 0.333. The molecule has 4 heteroatoms. The van der Waals surface area contributed by atoms with Crippen LogP contribution in [0.15, 0.2) is 24.3 Å². The smallest absolute Gasteiger partial charge is 0.347 e. The van der Waals surface area contributed by atoms with Crippen LogP contribution < -0.4 is 4.74 Å². The lowest BCUT2D eigenvalue weighted by Crippen LogP contribution is -2.40. The van der Waals surface area contributed by atoms with Crippen LogP contribution in [-0.2, 0) is 4.79 Å². The van der Waals surface area contributed by atoms with Gasteiger partial charge < -0.3 is 9.84 Å². The van der Waals surface area contributed by atoms with E-state index in [1.54, 1.807) is 6.92 Å². The second-order valence-corrected chi connectivity index (χ2v) is 3.45. The predicted molar refractivity (Wildman–Crippen MR) is 53.4 cm³/mol. The maximum absolute atomic E-state index is 12.6. The Morgan fingerprint density at radius 1 is 1.47 bits per heavy atom. The average molecular weight is 212 g/mol. The highest BCUT2D eigenvalue weighted by Crippen LogP contribution is 2.21. The van der Waals surface area contributed by atoms with E-state index < -0.39 is 11.6 Å². The Morgan fingerprint density at radius 2 is 2.00 bits per heavy atom. The predicted octanol–water partition coefficient (Wildman–Crippen LogP) is 2.46. The molecule has 0 radical (unpaired) electrons. The molecule has 0 spiro atoms. The molecule has 1 aromatic carbocycles. The van der Waals surface area contributed by atoms with E-state index in [4.69, 9.17) is 9.84 Å². The van der Waals surface area contributed by atoms with E-state index in [0.29, 0.717) is 12.2 Å². The first-order valence-corrected chi connectivity index (χ1v) is 4.66. The van der Waals surface area contributed by atoms with Crippen LogP contribution in [0.25, 0.3) is 0 Å². The van der Waals surface area contributed by atoms with Crippen molar-refractivity contribution in [3.63, 3.8) is 0 Å². The molecule has 1 rings (SSSR count). The SMILES string of the molecule is CCC(C)(Oc1ccc(F)cc1)C(=O)O. The van der Waals surface area contributed by atoms with Crippen LogP contribution in [0.3, 0.4) is 0 Å². The van der Waals surface area contributed by atoms with Crippen molar-refractivity contribution in [2.24, 2.45) is 0 Å². The molecule has 0 amide bonds. The number of carboxylic acid groups (broad SMARTS) is 1. The zero-order valence-electron chi connectivity index (χ0n) is 8.66. The van der Waals surface area contributed by atoms with E-state index in [1.165, 1.54) is 31.2 Å². The number of benzene rings is 1. The van der Waals surface area contributed by atoms with Gasteiger partial charge in [0.1, 0.15) is 11.6 Å². The number of hydrogen-bond donors (Lipinski definition) is 1. The summed E-state index contributed by atoms with van der Waals surface area (Å²) in [5.74, 6) is -1.06. The van der Waals surface area contributed by atoms with E-state index in [-0.39, 0.29) is 5.82 Å². The zero-order chi connectivity index (χ0) is 11.5. The Morgan fingerprint density at radius 3 is 2.40 bits per heavy atom. The van der Waals surface area contributed by atoms with E-state index in [9.17, 15) is 9.18 Å². The highest BCUT2D eigenvalue weighted by molar-refractivity contribution is 5.77. The number of halogens is 1. The van der Waals surface area contributed by atoms with Gasteiger partial charge in [-0.25, -0.2) is 9.18 Å². The molecule has 0 aromatic heterocycles. The fraction of sp³-hybridized carbons (Fsp3) is 0.364. The highest BCUT2D eigenvalue weighted by Gasteiger charge is 2.33. The summed E-state index contributed by atoms with van der Waals surface area (Å²) >= 11 is 0. The molecule has 0 aliphatic heterocycles. The first kappa shape index (κ1) is 11.5. The lowest BCUT2D eigenvalue weighted by Gasteiger charge is -2.24. The topological polar surface area (TPSA) is 46.5 Å². The Balaban J connectivity index is 2.84. The van der Waals surface area contributed by atoms with Crippen LogP contribution in [0.5, 0.6) is 5.75 Å². The number of carbonyl (C=O) groups is 1. The normalized spacial score (nSPS) is 14.3. The van der Waals surface area contributed by atoms with Crippen LogP contribution in [-0.4, -0.2) is 16.7 Å². The molecule has 0 bridgehead atoms. The molecule has 0 fully saturated rings. The lowest BCUT2D eigenvalue weighted by atomic mass is 10.0. The molecule has 82 valence electrons. The monoisotopic (exact) mass is 212 g/mol. The van der Waals surface area contributed by atoms with Gasteiger partial charge in [0.25, 0.3) is 0 Å². The molecule has 0 heterocycles. The van der Waals surface area contributed by atoms with Crippen molar-refractivity contribution in [3.05, 3.63) is 30.1 Å². The first-order chi connectivity index (χ1) is 6.98. The van der Waals surface area contributed by atoms with Crippen molar-refractivity contribution < 1.29 is 19.0 Å². The van der Waals surface area contributed by atoms with Crippen LogP contribution >= 0.6 is 0 Å². The lowest BCUT2D eigenvalue weighted by molar-refractivity contribution is -0.154. The number of carboxylic acids is 1. The zero-order valence-corrected chi connectivity index (χ0v) is 8.66. The van der Waals surface area contributed by atoms with Crippen molar-refractivity contribution >= 4 is 5.97 Å². The summed E-state index contributed by atoms with van der Waals surface area (Å²) in [7, 11) is 0. The number of hydrogen-bond acceptors (Lipinski definition) is 2. The standard InChI is InChI=1S/C11H13FO3/c1-3-11(2,10(13)14)15-9-6-4-8(12)5-7-9/h4-7H,3H2,1-2H3,(H,13,14). The first-order valence-electron chi connectivity index (χ1n) is 4.66. The van der Waals surface area contributed by atoms with Crippen molar-refractivity contribution in [1.29, 1.82) is 0 Å². The third-order valence-electron chi connectivity index (χ3n) is 2.28. The second-order valence-electron chi connectivity index (χ2n) is 3.45. The Kier molecular flexibility index (Phi) is 3.29. The maximum atomic E-state index is 12.6. The number of rotatable bonds is 4. The summed E-state index contributed by atoms with van der Waals surface area (Å²) in [4.78, 5) is 10.9. The van der Waals surface area contributed by atoms with Gasteiger partial charge in [0.15, 0.2) is 0 Å². The third kappa shape index (κ3) is 2.68. The van der Waals surface area contributed by atoms with Crippen molar-refractivity contribution in [2.45, 2.75) is 25.9 Å². The highest BCUT2D eigenvalue weighted by atomic mass is 19.1. The molecule has 15 heavy (non-hydrogen) atoms. The van der Waals surface area contributed by atoms with E-state index >= 15 is 0 Å². The van der Waals surface area contributed by atoms with E-state index in [2.05, 4.69) is 0 Å². The summed E-state index contributed by atoms with van der Waals surface area (Å²) < 4.78 is 17.9. The fourth-order valence-corrected chi connectivity index (χ4v) is 1.03. The molecular weight excluding hydrogens is 199 g/mol. The third-order valence-corrected chi connectivity index (χ3v) is 2.28. The summed E-state index contributed by atoms with van der Waals surface area (Å²) in [6.45, 7) is 3.20. The minimum absolute atomic E-state index is 0.333. The average Bonchev–Trinajstić information content (AvgIpc) is 2.21. The number of aliphatic carboxylic acids is 1. The van der Waals surface area contributed by atoms with Gasteiger partial charge in [-0.15, -0.1) is 0 Å². The van der Waals surface area contributed by atoms with Crippen LogP contribution in [0.4, 0.5) is 4.39 Å². The van der Waals surface area contributed by atoms with Gasteiger partial charge in [0.05, 0.1) is 0 Å². The molecule has 0 aliphatic carbocycles. The van der Waals surface area contributed by atoms with Crippen molar-refractivity contribution in [1.82, 2.24) is 0 Å². The Labute approximate surface area is 87.5 Å². The quantitative estimate of drug-likeness (QED) is 0.833. The Bertz CT molecular complexity index is 347. The summed E-state index contributed by atoms with van der Waals surface area (Å²) in [5.41, 5.74) is -1.27. The van der Waals surface area contributed by atoms with Crippen LogP contribution in [0.1, 0.15) is 20.3 Å². The molecule has 1 atom stereocenters. The van der Waals surface area contributed by atoms with Gasteiger partial charge in [0.2, 0.25) is 5.60 Å². The molecule has 0 aliphatic rings. The molecule has 3 nitrogen and oxygen atoms in total. The largest absolute Gasteiger partial charge is 0.478 e. The fourth-order valence-electron chi connectivity index (χ4n) is 1.03. The molecular formula is C11H13FO3. The maximum Gasteiger partial charge on any atom is 0.347 e. The second kappa shape index (κ2) is 4.29. The summed E-state index contributed by atoms with van der Waals surface area (Å²) in [5, 5.41) is 8.95. The van der Waals surface area contributed by atoms with Crippen molar-refractivity contribution in [2.75, 3.05) is 0 Å². The van der Waals surface area contributed by atoms with Gasteiger partial charge in [-0.3, -0.25) is 0 Å². The number of ether oxygens (including phenoxy) is 1. The molecule has 0 saturated carbocycles. The van der Waals surface area contributed by atoms with Crippen LogP contribution in [0.2, 0.25) is 0 Å². The van der Waals surface area contributed by atoms with E-state index in [0.717, 1.165) is 0 Å². The molecule has 0 saturated heterocycles. The van der Waals surface area contributed by atoms with Gasteiger partial charge in [-0.1, -0.05) is 6.92 Å². The minimum atomic E-state index is -1.27. The van der Waals surface area contributed by atoms with Gasteiger partial charge >= 0.3 is 5.97 Å². The Hall–Kier alpha value is -1.58. The minimum Gasteiger partial charge on any atom is -0.478 e. The summed E-state index contributed by atoms with van der Waals surface area (Å²) in [6, 6.07) is 5.28. The van der Waals surface area contributed by atoms with Gasteiger partial charge in [0, 0.05) is 0 Å². The molecule has 1 aromatic rings. The van der Waals surface area contributed by atoms with Crippen LogP contribution in [0, 0.1) is 5.82 Å². The molecule has 1 N–H and O–H groups in total. The van der Waals surface area contributed by atoms with E-state index in [1.807, 2.05) is 0 Å². The van der Waals surface area contributed by atoms with Gasteiger partial charge in [-0.2, -0.15) is 0 Å². The van der Waals surface area contributed by atoms with Gasteiger partial charge in [-0.05, 0) is 37.6 Å². The molecule has 1 unspecified atom stereocenters.